The Bertz CT molecular complexity index is 2000. The van der Waals surface area contributed by atoms with Crippen molar-refractivity contribution in [1.82, 2.24) is 15.3 Å². The quantitative estimate of drug-likeness (QED) is 0.117. The fourth-order valence-corrected chi connectivity index (χ4v) is 4.78. The third-order valence-corrected chi connectivity index (χ3v) is 7.25. The van der Waals surface area contributed by atoms with Gasteiger partial charge in [0.2, 0.25) is 0 Å². The zero-order valence-corrected chi connectivity index (χ0v) is 26.6. The number of ether oxygens (including phenoxy) is 1. The summed E-state index contributed by atoms with van der Waals surface area (Å²) in [6, 6.07) is 21.0. The molecular weight excluding hydrogens is 647 g/mol. The molecule has 11 nitrogen and oxygen atoms in total. The standard InChI is InChI=1S/C29H26ClFN4O4S.CH4O3S/c1-40(36,37)12-11-32-16-23-7-10-27(39-23)20-5-8-26-24(14-20)29(34-18-33-26)35-22-6-9-28(25(30)15-22)38-17-19-3-2-4-21(31)13-19;1-5(2,3)4/h2-10,13-15,18,32H,11-12,16-17H2,1H3,(H,33,34,35);1H3,(H,2,3,4). The van der Waals surface area contributed by atoms with Gasteiger partial charge in [-0.3, -0.25) is 4.55 Å². The molecule has 15 heteroatoms. The molecule has 0 unspecified atom stereocenters. The normalized spacial score (nSPS) is 11.6. The molecule has 0 bridgehead atoms. The fraction of sp³-hybridized carbons (Fsp3) is 0.200. The second-order valence-electron chi connectivity index (χ2n) is 9.95. The van der Waals surface area contributed by atoms with E-state index in [1.807, 2.05) is 36.4 Å². The van der Waals surface area contributed by atoms with Crippen LogP contribution in [-0.4, -0.2) is 56.2 Å². The monoisotopic (exact) mass is 676 g/mol. The van der Waals surface area contributed by atoms with Crippen molar-refractivity contribution in [3.8, 4) is 17.1 Å². The average molecular weight is 677 g/mol. The Morgan fingerprint density at radius 3 is 2.47 bits per heavy atom. The summed E-state index contributed by atoms with van der Waals surface area (Å²) in [7, 11) is -6.69. The molecule has 0 fully saturated rings. The van der Waals surface area contributed by atoms with E-state index in [4.69, 9.17) is 25.3 Å². The Morgan fingerprint density at radius 1 is 0.978 bits per heavy atom. The van der Waals surface area contributed by atoms with E-state index in [0.717, 1.165) is 16.5 Å². The first kappa shape index (κ1) is 33.8. The van der Waals surface area contributed by atoms with Crippen molar-refractivity contribution in [3.63, 3.8) is 0 Å². The highest BCUT2D eigenvalue weighted by Gasteiger charge is 2.11. The third kappa shape index (κ3) is 11.1. The van der Waals surface area contributed by atoms with Crippen LogP contribution in [0.4, 0.5) is 15.9 Å². The smallest absolute Gasteiger partial charge is 0.261 e. The summed E-state index contributed by atoms with van der Waals surface area (Å²) in [5.41, 5.74) is 2.99. The lowest BCUT2D eigenvalue weighted by Crippen LogP contribution is -2.21. The number of rotatable bonds is 11. The maximum Gasteiger partial charge on any atom is 0.261 e. The molecule has 3 aromatic carbocycles. The van der Waals surface area contributed by atoms with E-state index >= 15 is 0 Å². The minimum Gasteiger partial charge on any atom is -0.487 e. The van der Waals surface area contributed by atoms with Crippen LogP contribution < -0.4 is 15.4 Å². The zero-order valence-electron chi connectivity index (χ0n) is 24.2. The molecule has 2 aromatic heterocycles. The van der Waals surface area contributed by atoms with Gasteiger partial charge >= 0.3 is 0 Å². The largest absolute Gasteiger partial charge is 0.487 e. The molecule has 0 aliphatic rings. The highest BCUT2D eigenvalue weighted by atomic mass is 35.5. The molecule has 0 radical (unpaired) electrons. The number of halogens is 2. The molecule has 238 valence electrons. The Hall–Kier alpha value is -4.08. The van der Waals surface area contributed by atoms with Crippen LogP contribution in [-0.2, 0) is 33.1 Å². The van der Waals surface area contributed by atoms with Gasteiger partial charge in [-0.05, 0) is 66.2 Å². The van der Waals surface area contributed by atoms with E-state index in [-0.39, 0.29) is 18.2 Å². The van der Waals surface area contributed by atoms with E-state index in [0.29, 0.717) is 58.7 Å². The van der Waals surface area contributed by atoms with E-state index in [1.54, 1.807) is 24.3 Å². The van der Waals surface area contributed by atoms with Crippen LogP contribution in [0.2, 0.25) is 5.02 Å². The molecule has 5 aromatic rings. The van der Waals surface area contributed by atoms with Crippen LogP contribution >= 0.6 is 11.6 Å². The second-order valence-corrected chi connectivity index (χ2v) is 14.1. The Balaban J connectivity index is 0.000000854. The van der Waals surface area contributed by atoms with Gasteiger partial charge in [0.15, 0.2) is 0 Å². The van der Waals surface area contributed by atoms with Crippen molar-refractivity contribution in [1.29, 1.82) is 0 Å². The van der Waals surface area contributed by atoms with Crippen LogP contribution in [0.25, 0.3) is 22.2 Å². The molecule has 0 aliphatic carbocycles. The van der Waals surface area contributed by atoms with Gasteiger partial charge in [0.1, 0.15) is 51.7 Å². The number of benzene rings is 3. The average Bonchev–Trinajstić information content (AvgIpc) is 3.43. The van der Waals surface area contributed by atoms with E-state index in [2.05, 4.69) is 20.6 Å². The molecule has 0 spiro atoms. The summed E-state index contributed by atoms with van der Waals surface area (Å²) < 4.78 is 73.6. The van der Waals surface area contributed by atoms with Crippen molar-refractivity contribution in [2.75, 3.05) is 30.1 Å². The van der Waals surface area contributed by atoms with Crippen molar-refractivity contribution in [3.05, 3.63) is 101 Å². The minimum absolute atomic E-state index is 0.0664. The van der Waals surface area contributed by atoms with Gasteiger partial charge in [0.05, 0.1) is 29.1 Å². The summed E-state index contributed by atoms with van der Waals surface area (Å²) in [6.07, 6.45) is 3.41. The second kappa shape index (κ2) is 14.8. The van der Waals surface area contributed by atoms with Gasteiger partial charge in [0, 0.05) is 29.4 Å². The van der Waals surface area contributed by atoms with Crippen molar-refractivity contribution in [2.45, 2.75) is 13.2 Å². The Morgan fingerprint density at radius 2 is 1.76 bits per heavy atom. The van der Waals surface area contributed by atoms with E-state index < -0.39 is 20.0 Å². The Labute approximate surface area is 265 Å². The van der Waals surface area contributed by atoms with Gasteiger partial charge < -0.3 is 19.8 Å². The number of nitrogens with one attached hydrogen (secondary N) is 2. The molecule has 0 atom stereocenters. The number of hydrogen-bond donors (Lipinski definition) is 3. The van der Waals surface area contributed by atoms with E-state index in [9.17, 15) is 21.2 Å². The number of hydrogen-bond acceptors (Lipinski definition) is 10. The number of nitrogens with zero attached hydrogens (tertiary/aromatic N) is 2. The topological polar surface area (TPSA) is 161 Å². The van der Waals surface area contributed by atoms with Gasteiger partial charge in [-0.2, -0.15) is 8.42 Å². The summed E-state index contributed by atoms with van der Waals surface area (Å²) in [4.78, 5) is 8.80. The SMILES string of the molecule is CS(=O)(=O)CCNCc1ccc(-c2ccc3ncnc(Nc4ccc(OCc5cccc(F)c5)c(Cl)c4)c3c2)o1.CS(=O)(=O)O. The minimum atomic E-state index is -3.67. The molecule has 5 rings (SSSR count). The first-order chi connectivity index (χ1) is 21.2. The molecular formula is C30H30ClFN4O7S2. The molecule has 45 heavy (non-hydrogen) atoms. The lowest BCUT2D eigenvalue weighted by molar-refractivity contribution is 0.306. The van der Waals surface area contributed by atoms with Gasteiger partial charge in [-0.15, -0.1) is 0 Å². The summed E-state index contributed by atoms with van der Waals surface area (Å²) >= 11 is 6.47. The Kier molecular flexibility index (Phi) is 11.1. The number of sulfone groups is 1. The zero-order chi connectivity index (χ0) is 32.6. The van der Waals surface area contributed by atoms with Gasteiger partial charge in [-0.25, -0.2) is 22.8 Å². The van der Waals surface area contributed by atoms with Gasteiger partial charge in [-0.1, -0.05) is 23.7 Å². The molecule has 3 N–H and O–H groups in total. The summed E-state index contributed by atoms with van der Waals surface area (Å²) in [6.45, 7) is 0.956. The van der Waals surface area contributed by atoms with Crippen molar-refractivity contribution in [2.24, 2.45) is 0 Å². The predicted octanol–water partition coefficient (Wildman–Crippen LogP) is 5.64. The number of fused-ring (bicyclic) bond motifs is 1. The lowest BCUT2D eigenvalue weighted by atomic mass is 10.1. The molecule has 2 heterocycles. The number of furan rings is 1. The van der Waals surface area contributed by atoms with Crippen LogP contribution in [0, 0.1) is 5.82 Å². The van der Waals surface area contributed by atoms with E-state index in [1.165, 1.54) is 24.7 Å². The van der Waals surface area contributed by atoms with Crippen LogP contribution in [0.3, 0.4) is 0 Å². The maximum atomic E-state index is 13.4. The summed E-state index contributed by atoms with van der Waals surface area (Å²) in [5.74, 6) is 2.17. The highest BCUT2D eigenvalue weighted by molar-refractivity contribution is 7.90. The van der Waals surface area contributed by atoms with Crippen molar-refractivity contribution < 1.29 is 34.9 Å². The first-order valence-electron chi connectivity index (χ1n) is 13.3. The lowest BCUT2D eigenvalue weighted by Gasteiger charge is -2.12. The van der Waals surface area contributed by atoms with Crippen LogP contribution in [0.1, 0.15) is 11.3 Å². The van der Waals surface area contributed by atoms with Gasteiger partial charge in [0.25, 0.3) is 10.1 Å². The first-order valence-corrected chi connectivity index (χ1v) is 17.6. The molecule has 0 saturated carbocycles. The highest BCUT2D eigenvalue weighted by Crippen LogP contribution is 2.32. The number of aromatic nitrogens is 2. The van der Waals surface area contributed by atoms with Crippen LogP contribution in [0.5, 0.6) is 5.75 Å². The van der Waals surface area contributed by atoms with Crippen LogP contribution in [0.15, 0.2) is 83.5 Å². The maximum absolute atomic E-state index is 13.4. The molecule has 0 saturated heterocycles. The molecule has 0 aliphatic heterocycles. The fourth-order valence-electron chi connectivity index (χ4n) is 4.03. The third-order valence-electron chi connectivity index (χ3n) is 6.01. The summed E-state index contributed by atoms with van der Waals surface area (Å²) in [5, 5.41) is 7.56. The number of anilines is 2. The van der Waals surface area contributed by atoms with Crippen molar-refractivity contribution >= 4 is 54.0 Å². The predicted molar refractivity (Wildman–Crippen MR) is 172 cm³/mol. The molecule has 0 amide bonds.